The molecule has 5 aromatic heterocycles. The molecule has 0 atom stereocenters. The van der Waals surface area contributed by atoms with Crippen LogP contribution in [0.5, 0.6) is 0 Å². The Balaban J connectivity index is 0.00000424. The number of hydrogen-bond donors (Lipinski definition) is 0. The molecule has 0 aliphatic heterocycles. The molecule has 0 saturated carbocycles. The van der Waals surface area contributed by atoms with Crippen molar-refractivity contribution >= 4 is 48.6 Å². The van der Waals surface area contributed by atoms with Crippen LogP contribution in [-0.4, -0.2) is 29.9 Å². The van der Waals surface area contributed by atoms with Crippen LogP contribution in [0.25, 0.3) is 150 Å². The molecule has 14 rings (SSSR count). The monoisotopic (exact) mass is 1560 g/mol. The number of nitrogens with zero attached hydrogens (tertiary/aromatic N) is 6. The van der Waals surface area contributed by atoms with Gasteiger partial charge in [-0.05, 0) is 139 Å². The van der Waals surface area contributed by atoms with E-state index in [1.54, 1.807) is 24.8 Å². The number of hydrogen-bond acceptors (Lipinski definition) is 6. The molecule has 0 fully saturated rings. The molecule has 0 N–H and O–H groups in total. The van der Waals surface area contributed by atoms with Gasteiger partial charge in [0, 0.05) is 42.7 Å². The van der Waals surface area contributed by atoms with Crippen LogP contribution in [0.3, 0.4) is 0 Å². The second-order valence-corrected chi connectivity index (χ2v) is 21.9. The van der Waals surface area contributed by atoms with Crippen molar-refractivity contribution in [2.24, 2.45) is 0 Å². The third kappa shape index (κ3) is 15.4. The van der Waals surface area contributed by atoms with Crippen LogP contribution < -0.4 is 0 Å². The van der Waals surface area contributed by atoms with Crippen molar-refractivity contribution in [3.8, 4) is 101 Å². The van der Waals surface area contributed by atoms with Gasteiger partial charge in [-0.1, -0.05) is 151 Å². The summed E-state index contributed by atoms with van der Waals surface area (Å²) in [4.78, 5) is 27.9. The molecule has 0 aliphatic rings. The van der Waals surface area contributed by atoms with Gasteiger partial charge >= 0.3 is 40.2 Å². The fourth-order valence-corrected chi connectivity index (χ4v) is 10.9. The van der Waals surface area contributed by atoms with Gasteiger partial charge in [0.25, 0.3) is 0 Å². The van der Waals surface area contributed by atoms with E-state index in [1.165, 1.54) is 0 Å². The molecule has 0 aliphatic carbocycles. The predicted molar refractivity (Wildman–Crippen MR) is 377 cm³/mol. The minimum absolute atomic E-state index is 0. The molecular formula is C86H54Ir2N6. The van der Waals surface area contributed by atoms with Gasteiger partial charge in [0.2, 0.25) is 0 Å². The third-order valence-electron chi connectivity index (χ3n) is 15.7. The molecule has 5 heterocycles. The van der Waals surface area contributed by atoms with Gasteiger partial charge in [0.05, 0.1) is 0 Å². The number of benzene rings is 9. The molecule has 0 spiro atoms. The van der Waals surface area contributed by atoms with Crippen molar-refractivity contribution in [1.29, 1.82) is 0 Å². The van der Waals surface area contributed by atoms with Crippen molar-refractivity contribution in [3.05, 3.63) is 361 Å². The number of pyridine rings is 4. The summed E-state index contributed by atoms with van der Waals surface area (Å²) >= 11 is 0. The minimum Gasteiger partial charge on any atom is -0.332 e. The Morgan fingerprint density at radius 3 is 0.809 bits per heavy atom. The first-order valence-corrected chi connectivity index (χ1v) is 30.2. The predicted octanol–water partition coefficient (Wildman–Crippen LogP) is 20.5. The summed E-state index contributed by atoms with van der Waals surface area (Å²) in [5.74, 6) is 0.533. The maximum atomic E-state index is 4.94. The van der Waals surface area contributed by atoms with Crippen LogP contribution in [0, 0.1) is 36.4 Å². The van der Waals surface area contributed by atoms with E-state index < -0.39 is 0 Å². The third-order valence-corrected chi connectivity index (χ3v) is 15.7. The summed E-state index contributed by atoms with van der Waals surface area (Å²) in [6.07, 6.45) is 28.1. The molecule has 0 bridgehead atoms. The SMILES string of the molecule is [Ir+3].[Ir+3].[c-]1cc(-c2ccccc2-c2cc(C=Cc3c[c-]c(-c4ccccn4)cc3)cc(/C=C\c3c[c-]c(-c4ccccn4)cc3)c2)c[c-]c1-c1ncc(-c2ccccc2-c2cc(/C=C\c3c[c-]c(-c4ccccn4)cc3)cc(/C=C\c3c[c-]c(-c4ccccn4)cc3)c2)cn1. The van der Waals surface area contributed by atoms with Crippen LogP contribution in [0.4, 0.5) is 0 Å². The number of aromatic nitrogens is 6. The molecule has 0 radical (unpaired) electrons. The van der Waals surface area contributed by atoms with E-state index in [4.69, 9.17) is 9.97 Å². The zero-order chi connectivity index (χ0) is 61.7. The summed E-state index contributed by atoms with van der Waals surface area (Å²) in [5, 5.41) is 0. The van der Waals surface area contributed by atoms with Gasteiger partial charge in [0.15, 0.2) is 0 Å². The van der Waals surface area contributed by atoms with Crippen LogP contribution in [0.2, 0.25) is 0 Å². The first kappa shape index (κ1) is 63.1. The van der Waals surface area contributed by atoms with Crippen LogP contribution >= 0.6 is 0 Å². The molecule has 0 amide bonds. The van der Waals surface area contributed by atoms with Crippen molar-refractivity contribution in [2.45, 2.75) is 0 Å². The maximum Gasteiger partial charge on any atom is 3.00 e. The standard InChI is InChI=1S/C86H54N6.2Ir/c1-2-14-79(75-55-65(25-21-61-29-37-70(38-30-61)82-17-5-9-49-87-82)53-66(56-75)26-22-62-31-39-71(40-32-62)83-18-6-10-50-88-83)78(13-1)69-45-47-74(48-46-69)86-91-59-77(60-92-86)81-16-4-3-15-80(81)76-57-67(27-23-63-33-41-72(42-34-63)84-19-7-11-51-89-84)54-68(58-76)28-24-64-35-43-73(44-36-64)85-20-8-12-52-90-85;;/h1-37,39,41,43,45-46,49-60H;;/q-6;2*+3/b25-21-,26-22?,27-23-,28-24-;;. The quantitative estimate of drug-likeness (QED) is 0.0668. The summed E-state index contributed by atoms with van der Waals surface area (Å²) in [6, 6.07) is 103. The van der Waals surface area contributed by atoms with Crippen LogP contribution in [0.1, 0.15) is 44.5 Å². The van der Waals surface area contributed by atoms with Crippen molar-refractivity contribution in [3.63, 3.8) is 0 Å². The number of rotatable bonds is 17. The van der Waals surface area contributed by atoms with E-state index in [0.717, 1.165) is 134 Å². The van der Waals surface area contributed by atoms with Crippen molar-refractivity contribution < 1.29 is 40.2 Å². The first-order valence-electron chi connectivity index (χ1n) is 30.2. The van der Waals surface area contributed by atoms with Crippen molar-refractivity contribution in [2.75, 3.05) is 0 Å². The normalized spacial score (nSPS) is 11.3. The van der Waals surface area contributed by atoms with Gasteiger partial charge in [0.1, 0.15) is 0 Å². The molecule has 94 heavy (non-hydrogen) atoms. The molecule has 6 nitrogen and oxygen atoms in total. The van der Waals surface area contributed by atoms with Gasteiger partial charge in [-0.15, -0.1) is 142 Å². The van der Waals surface area contributed by atoms with Gasteiger partial charge in [-0.25, -0.2) is 17.7 Å². The summed E-state index contributed by atoms with van der Waals surface area (Å²) in [6.45, 7) is 0. The fraction of sp³-hybridized carbons (Fsp3) is 0. The van der Waals surface area contributed by atoms with E-state index in [0.29, 0.717) is 11.4 Å². The van der Waals surface area contributed by atoms with Crippen LogP contribution in [-0.2, 0) is 40.2 Å². The average Bonchev–Trinajstić information content (AvgIpc) is 1.19. The molecule has 446 valence electrons. The Bertz CT molecular complexity index is 4400. The summed E-state index contributed by atoms with van der Waals surface area (Å²) in [5.41, 5.74) is 24.5. The second-order valence-electron chi connectivity index (χ2n) is 21.9. The van der Waals surface area contributed by atoms with Gasteiger partial charge < -0.3 is 29.9 Å². The Morgan fingerprint density at radius 2 is 0.521 bits per heavy atom. The summed E-state index contributed by atoms with van der Waals surface area (Å²) < 4.78 is 0. The fourth-order valence-electron chi connectivity index (χ4n) is 10.9. The Labute approximate surface area is 576 Å². The van der Waals surface area contributed by atoms with Crippen LogP contribution in [0.15, 0.2) is 280 Å². The van der Waals surface area contributed by atoms with E-state index in [1.807, 2.05) is 122 Å². The molecule has 9 aromatic carbocycles. The smallest absolute Gasteiger partial charge is 0.332 e. The second kappa shape index (κ2) is 30.4. The Hall–Kier alpha value is -11.1. The first-order chi connectivity index (χ1) is 45.5. The van der Waals surface area contributed by atoms with E-state index in [2.05, 4.69) is 238 Å². The largest absolute Gasteiger partial charge is 3.00 e. The maximum absolute atomic E-state index is 4.94. The molecule has 8 heteroatoms. The molecular weight excluding hydrogens is 1500 g/mol. The zero-order valence-electron chi connectivity index (χ0n) is 50.5. The minimum atomic E-state index is 0. The average molecular weight is 1560 g/mol. The molecule has 0 saturated heterocycles. The molecule has 0 unspecified atom stereocenters. The Kier molecular flexibility index (Phi) is 20.4. The van der Waals surface area contributed by atoms with E-state index >= 15 is 0 Å². The molecule has 14 aromatic rings. The van der Waals surface area contributed by atoms with E-state index in [-0.39, 0.29) is 40.2 Å². The topological polar surface area (TPSA) is 77.3 Å². The van der Waals surface area contributed by atoms with E-state index in [9.17, 15) is 0 Å². The zero-order valence-corrected chi connectivity index (χ0v) is 55.3. The van der Waals surface area contributed by atoms with Gasteiger partial charge in [-0.3, -0.25) is 12.1 Å². The van der Waals surface area contributed by atoms with Gasteiger partial charge in [-0.2, -0.15) is 5.56 Å². The van der Waals surface area contributed by atoms with Crippen molar-refractivity contribution in [1.82, 2.24) is 29.9 Å². The Morgan fingerprint density at radius 1 is 0.234 bits per heavy atom. The summed E-state index contributed by atoms with van der Waals surface area (Å²) in [7, 11) is 0.